The summed E-state index contributed by atoms with van der Waals surface area (Å²) in [4.78, 5) is 0. The first kappa shape index (κ1) is 30.1. The van der Waals surface area contributed by atoms with Gasteiger partial charge >= 0.3 is 0 Å². The summed E-state index contributed by atoms with van der Waals surface area (Å²) in [6.07, 6.45) is 11.0. The number of hydrogen-bond acceptors (Lipinski definition) is 1. The second-order valence-corrected chi connectivity index (χ2v) is 12.4. The van der Waals surface area contributed by atoms with Crippen LogP contribution in [0.3, 0.4) is 0 Å². The molecular formula is C43H46O. The van der Waals surface area contributed by atoms with Gasteiger partial charge in [0, 0.05) is 18.6 Å². The molecule has 6 aromatic rings. The van der Waals surface area contributed by atoms with Crippen LogP contribution in [0.15, 0.2) is 127 Å². The van der Waals surface area contributed by atoms with Crippen LogP contribution in [-0.4, -0.2) is 13.2 Å². The summed E-state index contributed by atoms with van der Waals surface area (Å²) >= 11 is 0. The third-order valence-corrected chi connectivity index (χ3v) is 9.42. The summed E-state index contributed by atoms with van der Waals surface area (Å²) in [5.74, 6) is 0. The van der Waals surface area contributed by atoms with Gasteiger partial charge in [-0.3, -0.25) is 0 Å². The molecule has 0 unspecified atom stereocenters. The molecule has 44 heavy (non-hydrogen) atoms. The van der Waals surface area contributed by atoms with Crippen LogP contribution in [0.1, 0.15) is 81.4 Å². The maximum absolute atomic E-state index is 5.67. The lowest BCUT2D eigenvalue weighted by Crippen LogP contribution is -2.29. The molecule has 0 atom stereocenters. The first-order valence-corrected chi connectivity index (χ1v) is 16.8. The zero-order chi connectivity index (χ0) is 30.0. The zero-order valence-corrected chi connectivity index (χ0v) is 26.3. The molecule has 0 aliphatic carbocycles. The summed E-state index contributed by atoms with van der Waals surface area (Å²) in [6, 6.07) is 47.9. The Bertz CT molecular complexity index is 1610. The lowest BCUT2D eigenvalue weighted by Gasteiger charge is -2.37. The van der Waals surface area contributed by atoms with Gasteiger partial charge in [0.2, 0.25) is 0 Å². The first-order valence-electron chi connectivity index (χ1n) is 16.8. The number of ether oxygens (including phenoxy) is 1. The second kappa shape index (κ2) is 14.7. The Morgan fingerprint density at radius 3 is 1.23 bits per heavy atom. The highest BCUT2D eigenvalue weighted by Gasteiger charge is 2.36. The number of fused-ring (bicyclic) bond motifs is 3. The summed E-state index contributed by atoms with van der Waals surface area (Å²) in [7, 11) is 0. The highest BCUT2D eigenvalue weighted by atomic mass is 16.5. The van der Waals surface area contributed by atoms with Gasteiger partial charge in [-0.25, -0.2) is 0 Å². The van der Waals surface area contributed by atoms with Gasteiger partial charge in [-0.15, -0.1) is 0 Å². The molecule has 0 amide bonds. The molecule has 6 aromatic carbocycles. The minimum atomic E-state index is -0.255. The van der Waals surface area contributed by atoms with Crippen molar-refractivity contribution in [2.75, 3.05) is 13.2 Å². The number of rotatable bonds is 15. The van der Waals surface area contributed by atoms with Crippen LogP contribution >= 0.6 is 0 Å². The van der Waals surface area contributed by atoms with Crippen LogP contribution in [-0.2, 0) is 10.2 Å². The molecule has 224 valence electrons. The summed E-state index contributed by atoms with van der Waals surface area (Å²) in [6.45, 7) is 3.99. The van der Waals surface area contributed by atoms with Crippen molar-refractivity contribution in [3.63, 3.8) is 0 Å². The lowest BCUT2D eigenvalue weighted by atomic mass is 9.65. The van der Waals surface area contributed by atoms with Crippen LogP contribution in [0.4, 0.5) is 0 Å². The zero-order valence-electron chi connectivity index (χ0n) is 26.3. The van der Waals surface area contributed by atoms with Crippen molar-refractivity contribution < 1.29 is 4.74 Å². The predicted molar refractivity (Wildman–Crippen MR) is 190 cm³/mol. The molecule has 0 spiro atoms. The number of benzene rings is 6. The third kappa shape index (κ3) is 6.74. The Morgan fingerprint density at radius 2 is 0.795 bits per heavy atom. The van der Waals surface area contributed by atoms with Crippen molar-refractivity contribution in [1.29, 1.82) is 0 Å². The molecule has 0 saturated carbocycles. The maximum Gasteiger partial charge on any atom is 0.0466 e. The molecule has 0 N–H and O–H groups in total. The lowest BCUT2D eigenvalue weighted by molar-refractivity contribution is 0.130. The van der Waals surface area contributed by atoms with Crippen molar-refractivity contribution in [2.45, 2.75) is 70.1 Å². The molecule has 1 heteroatoms. The first-order chi connectivity index (χ1) is 21.8. The Morgan fingerprint density at radius 1 is 0.409 bits per heavy atom. The predicted octanol–water partition coefficient (Wildman–Crippen LogP) is 12.0. The standard InChI is InChI=1S/C43H46O/c1-2-29-44-30-15-7-5-3-4-6-14-28-43(40-25-22-34-16-8-11-19-37(34)31-40,41-26-23-35-17-9-12-20-38(35)32-41)42-27-24-36-18-10-13-21-39(36)33-42/h8-13,16-27,31-33H,2-7,14-15,28-30H2,1H3. The van der Waals surface area contributed by atoms with E-state index < -0.39 is 0 Å². The Labute approximate surface area is 263 Å². The van der Waals surface area contributed by atoms with Gasteiger partial charge < -0.3 is 4.74 Å². The molecule has 0 aliphatic heterocycles. The van der Waals surface area contributed by atoms with Gasteiger partial charge in [0.15, 0.2) is 0 Å². The van der Waals surface area contributed by atoms with E-state index in [0.29, 0.717) is 0 Å². The summed E-state index contributed by atoms with van der Waals surface area (Å²) in [5.41, 5.74) is 3.89. The van der Waals surface area contributed by atoms with Crippen molar-refractivity contribution in [1.82, 2.24) is 0 Å². The fourth-order valence-corrected chi connectivity index (χ4v) is 7.02. The van der Waals surface area contributed by atoms with E-state index in [2.05, 4.69) is 134 Å². The van der Waals surface area contributed by atoms with Crippen molar-refractivity contribution >= 4 is 32.3 Å². The van der Waals surface area contributed by atoms with Crippen molar-refractivity contribution in [2.24, 2.45) is 0 Å². The van der Waals surface area contributed by atoms with Gasteiger partial charge in [-0.05, 0) is 86.5 Å². The fraction of sp³-hybridized carbons (Fsp3) is 0.302. The molecular weight excluding hydrogens is 532 g/mol. The Balaban J connectivity index is 1.36. The Hall–Kier alpha value is -3.94. The van der Waals surface area contributed by atoms with E-state index in [9.17, 15) is 0 Å². The van der Waals surface area contributed by atoms with E-state index >= 15 is 0 Å². The average molecular weight is 579 g/mol. The van der Waals surface area contributed by atoms with Crippen LogP contribution in [0, 0.1) is 0 Å². The van der Waals surface area contributed by atoms with Gasteiger partial charge in [-0.2, -0.15) is 0 Å². The van der Waals surface area contributed by atoms with E-state index in [1.54, 1.807) is 0 Å². The normalized spacial score (nSPS) is 11.9. The van der Waals surface area contributed by atoms with E-state index in [0.717, 1.165) is 26.1 Å². The number of hydrogen-bond donors (Lipinski definition) is 0. The summed E-state index contributed by atoms with van der Waals surface area (Å²) < 4.78 is 5.67. The van der Waals surface area contributed by atoms with E-state index in [1.807, 2.05) is 0 Å². The van der Waals surface area contributed by atoms with E-state index in [-0.39, 0.29) is 5.41 Å². The highest BCUT2D eigenvalue weighted by Crippen LogP contribution is 2.46. The smallest absolute Gasteiger partial charge is 0.0466 e. The molecule has 0 aromatic heterocycles. The minimum absolute atomic E-state index is 0.255. The van der Waals surface area contributed by atoms with Crippen molar-refractivity contribution in [3.05, 3.63) is 144 Å². The topological polar surface area (TPSA) is 9.23 Å². The van der Waals surface area contributed by atoms with Gasteiger partial charge in [-0.1, -0.05) is 155 Å². The van der Waals surface area contributed by atoms with Crippen LogP contribution < -0.4 is 0 Å². The third-order valence-electron chi connectivity index (χ3n) is 9.42. The quantitative estimate of drug-likeness (QED) is 0.0870. The monoisotopic (exact) mass is 578 g/mol. The van der Waals surface area contributed by atoms with Crippen LogP contribution in [0.25, 0.3) is 32.3 Å². The average Bonchev–Trinajstić information content (AvgIpc) is 3.08. The molecule has 1 nitrogen and oxygen atoms in total. The SMILES string of the molecule is CCCOCCCCCCCCCC(c1ccc2ccccc2c1)(c1ccc2ccccc2c1)c1ccc2ccccc2c1. The Kier molecular flexibility index (Phi) is 10.1. The van der Waals surface area contributed by atoms with Gasteiger partial charge in [0.1, 0.15) is 0 Å². The molecule has 6 rings (SSSR count). The van der Waals surface area contributed by atoms with E-state index in [1.165, 1.54) is 94.0 Å². The van der Waals surface area contributed by atoms with Gasteiger partial charge in [0.25, 0.3) is 0 Å². The fourth-order valence-electron chi connectivity index (χ4n) is 7.02. The number of unbranched alkanes of at least 4 members (excludes halogenated alkanes) is 6. The van der Waals surface area contributed by atoms with Gasteiger partial charge in [0.05, 0.1) is 0 Å². The highest BCUT2D eigenvalue weighted by molar-refractivity contribution is 5.87. The molecule has 0 saturated heterocycles. The minimum Gasteiger partial charge on any atom is -0.381 e. The van der Waals surface area contributed by atoms with Crippen molar-refractivity contribution in [3.8, 4) is 0 Å². The van der Waals surface area contributed by atoms with Crippen LogP contribution in [0.5, 0.6) is 0 Å². The molecule has 0 bridgehead atoms. The maximum atomic E-state index is 5.67. The molecule has 0 radical (unpaired) electrons. The molecule has 0 heterocycles. The summed E-state index contributed by atoms with van der Waals surface area (Å²) in [5, 5.41) is 7.79. The second-order valence-electron chi connectivity index (χ2n) is 12.4. The van der Waals surface area contributed by atoms with Crippen LogP contribution in [0.2, 0.25) is 0 Å². The molecule has 0 fully saturated rings. The largest absolute Gasteiger partial charge is 0.381 e. The van der Waals surface area contributed by atoms with E-state index in [4.69, 9.17) is 4.74 Å². The molecule has 0 aliphatic rings.